The van der Waals surface area contributed by atoms with Crippen LogP contribution in [0.1, 0.15) is 41.0 Å². The molecule has 0 aliphatic heterocycles. The molecule has 1 aromatic heterocycles. The maximum absolute atomic E-state index is 5.33. The number of aromatic nitrogens is 1. The highest BCUT2D eigenvalue weighted by Gasteiger charge is 2.19. The van der Waals surface area contributed by atoms with Crippen LogP contribution in [0.15, 0.2) is 24.3 Å². The van der Waals surface area contributed by atoms with Crippen molar-refractivity contribution in [3.8, 4) is 5.75 Å². The van der Waals surface area contributed by atoms with Crippen LogP contribution in [0.2, 0.25) is 0 Å². The molecule has 4 heteroatoms. The highest BCUT2D eigenvalue weighted by Crippen LogP contribution is 2.30. The van der Waals surface area contributed by atoms with Crippen LogP contribution in [0.25, 0.3) is 0 Å². The molecule has 1 aromatic carbocycles. The fourth-order valence-electron chi connectivity index (χ4n) is 2.09. The molecular formula is C16H22N2OS. The fraction of sp³-hybridized carbons (Fsp3) is 0.438. The number of methoxy groups -OCH3 is 1. The van der Waals surface area contributed by atoms with E-state index in [-0.39, 0.29) is 6.04 Å². The molecule has 1 heterocycles. The van der Waals surface area contributed by atoms with E-state index in [4.69, 9.17) is 9.72 Å². The van der Waals surface area contributed by atoms with Crippen molar-refractivity contribution in [1.29, 1.82) is 0 Å². The number of hydrogen-bond donors (Lipinski definition) is 1. The molecule has 0 saturated carbocycles. The number of benzene rings is 1. The molecule has 108 valence electrons. The fourth-order valence-corrected chi connectivity index (χ4v) is 3.10. The minimum Gasteiger partial charge on any atom is -0.497 e. The van der Waals surface area contributed by atoms with Crippen LogP contribution in [0, 0.1) is 13.8 Å². The molecule has 1 unspecified atom stereocenters. The van der Waals surface area contributed by atoms with Crippen LogP contribution < -0.4 is 10.1 Å². The third-order valence-corrected chi connectivity index (χ3v) is 4.36. The molecule has 3 nitrogen and oxygen atoms in total. The summed E-state index contributed by atoms with van der Waals surface area (Å²) in [6.45, 7) is 8.49. The first-order valence-electron chi connectivity index (χ1n) is 6.85. The second kappa shape index (κ2) is 6.37. The molecule has 0 aliphatic rings. The lowest BCUT2D eigenvalue weighted by atomic mass is 10.1. The third kappa shape index (κ3) is 3.38. The van der Waals surface area contributed by atoms with Gasteiger partial charge in [-0.05, 0) is 45.4 Å². The normalized spacial score (nSPS) is 12.7. The molecule has 0 spiro atoms. The lowest BCUT2D eigenvalue weighted by molar-refractivity contribution is 0.413. The molecule has 0 saturated heterocycles. The number of aryl methyl sites for hydroxylation is 2. The first kappa shape index (κ1) is 15.0. The number of hydrogen-bond acceptors (Lipinski definition) is 4. The summed E-state index contributed by atoms with van der Waals surface area (Å²) in [4.78, 5) is 5.99. The molecule has 0 bridgehead atoms. The van der Waals surface area contributed by atoms with Gasteiger partial charge in [-0.3, -0.25) is 0 Å². The van der Waals surface area contributed by atoms with Gasteiger partial charge in [0.1, 0.15) is 10.8 Å². The van der Waals surface area contributed by atoms with Crippen LogP contribution in [0.4, 0.5) is 0 Å². The maximum Gasteiger partial charge on any atom is 0.119 e. The molecule has 0 aliphatic carbocycles. The summed E-state index contributed by atoms with van der Waals surface area (Å²) in [7, 11) is 1.70. The van der Waals surface area contributed by atoms with Crippen molar-refractivity contribution >= 4 is 11.3 Å². The monoisotopic (exact) mass is 290 g/mol. The SMILES string of the molecule is COc1cccc(C(NC(C)C)c2nc(C)c(C)s2)c1. The first-order valence-corrected chi connectivity index (χ1v) is 7.67. The number of nitrogens with one attached hydrogen (secondary N) is 1. The smallest absolute Gasteiger partial charge is 0.119 e. The van der Waals surface area contributed by atoms with E-state index in [1.54, 1.807) is 18.4 Å². The molecule has 1 N–H and O–H groups in total. The topological polar surface area (TPSA) is 34.1 Å². The van der Waals surface area contributed by atoms with Crippen LogP contribution >= 0.6 is 11.3 Å². The number of thiazole rings is 1. The Morgan fingerprint density at radius 2 is 2.00 bits per heavy atom. The Kier molecular flexibility index (Phi) is 4.78. The van der Waals surface area contributed by atoms with Gasteiger partial charge in [0.15, 0.2) is 0 Å². The zero-order chi connectivity index (χ0) is 14.7. The molecule has 2 aromatic rings. The van der Waals surface area contributed by atoms with Crippen molar-refractivity contribution in [1.82, 2.24) is 10.3 Å². The van der Waals surface area contributed by atoms with Crippen LogP contribution in [0.5, 0.6) is 5.75 Å². The summed E-state index contributed by atoms with van der Waals surface area (Å²) in [5, 5.41) is 4.71. The highest BCUT2D eigenvalue weighted by atomic mass is 32.1. The molecule has 2 rings (SSSR count). The Morgan fingerprint density at radius 3 is 2.55 bits per heavy atom. The quantitative estimate of drug-likeness (QED) is 0.908. The Morgan fingerprint density at radius 1 is 1.25 bits per heavy atom. The molecule has 0 amide bonds. The van der Waals surface area contributed by atoms with Gasteiger partial charge in [0.2, 0.25) is 0 Å². The Balaban J connectivity index is 2.40. The molecule has 20 heavy (non-hydrogen) atoms. The summed E-state index contributed by atoms with van der Waals surface area (Å²) < 4.78 is 5.33. The van der Waals surface area contributed by atoms with E-state index in [9.17, 15) is 0 Å². The van der Waals surface area contributed by atoms with Gasteiger partial charge < -0.3 is 10.1 Å². The molecule has 1 atom stereocenters. The summed E-state index contributed by atoms with van der Waals surface area (Å²) in [6, 6.07) is 8.68. The van der Waals surface area contributed by atoms with Gasteiger partial charge >= 0.3 is 0 Å². The lowest BCUT2D eigenvalue weighted by Gasteiger charge is -2.20. The van der Waals surface area contributed by atoms with Gasteiger partial charge in [0, 0.05) is 10.9 Å². The van der Waals surface area contributed by atoms with Crippen molar-refractivity contribution < 1.29 is 4.74 Å². The van der Waals surface area contributed by atoms with Crippen molar-refractivity contribution in [3.63, 3.8) is 0 Å². The average molecular weight is 290 g/mol. The summed E-state index contributed by atoms with van der Waals surface area (Å²) in [5.74, 6) is 0.878. The standard InChI is InChI=1S/C16H22N2OS/c1-10(2)17-15(16-18-11(3)12(4)20-16)13-7-6-8-14(9-13)19-5/h6-10,15,17H,1-5H3. The van der Waals surface area contributed by atoms with E-state index < -0.39 is 0 Å². The first-order chi connectivity index (χ1) is 9.51. The second-order valence-corrected chi connectivity index (χ2v) is 6.46. The van der Waals surface area contributed by atoms with Gasteiger partial charge in [-0.2, -0.15) is 0 Å². The zero-order valence-corrected chi connectivity index (χ0v) is 13.5. The van der Waals surface area contributed by atoms with Crippen molar-refractivity contribution in [2.45, 2.75) is 39.8 Å². The van der Waals surface area contributed by atoms with Crippen LogP contribution in [-0.2, 0) is 0 Å². The van der Waals surface area contributed by atoms with Crippen LogP contribution in [0.3, 0.4) is 0 Å². The van der Waals surface area contributed by atoms with E-state index in [0.29, 0.717) is 6.04 Å². The zero-order valence-electron chi connectivity index (χ0n) is 12.7. The third-order valence-electron chi connectivity index (χ3n) is 3.22. The predicted molar refractivity (Wildman–Crippen MR) is 84.7 cm³/mol. The predicted octanol–water partition coefficient (Wildman–Crippen LogP) is 3.86. The Bertz CT molecular complexity index is 558. The minimum atomic E-state index is 0.113. The van der Waals surface area contributed by atoms with E-state index >= 15 is 0 Å². The van der Waals surface area contributed by atoms with Gasteiger partial charge in [0.05, 0.1) is 18.8 Å². The summed E-state index contributed by atoms with van der Waals surface area (Å²) in [5.41, 5.74) is 2.30. The maximum atomic E-state index is 5.33. The highest BCUT2D eigenvalue weighted by molar-refractivity contribution is 7.11. The largest absolute Gasteiger partial charge is 0.497 e. The van der Waals surface area contributed by atoms with Crippen molar-refractivity contribution in [2.75, 3.05) is 7.11 Å². The van der Waals surface area contributed by atoms with Gasteiger partial charge in [-0.15, -0.1) is 11.3 Å². The number of rotatable bonds is 5. The molecular weight excluding hydrogens is 268 g/mol. The van der Waals surface area contributed by atoms with Gasteiger partial charge in [0.25, 0.3) is 0 Å². The summed E-state index contributed by atoms with van der Waals surface area (Å²) in [6.07, 6.45) is 0. The van der Waals surface area contributed by atoms with Crippen LogP contribution in [-0.4, -0.2) is 18.1 Å². The van der Waals surface area contributed by atoms with E-state index in [1.165, 1.54) is 10.4 Å². The Labute approximate surface area is 125 Å². The Hall–Kier alpha value is -1.39. The lowest BCUT2D eigenvalue weighted by Crippen LogP contribution is -2.28. The number of ether oxygens (including phenoxy) is 1. The van der Waals surface area contributed by atoms with E-state index in [2.05, 4.69) is 45.1 Å². The molecule has 0 radical (unpaired) electrons. The minimum absolute atomic E-state index is 0.113. The van der Waals surface area contributed by atoms with Gasteiger partial charge in [-0.25, -0.2) is 4.98 Å². The molecule has 0 fully saturated rings. The number of nitrogens with zero attached hydrogens (tertiary/aromatic N) is 1. The van der Waals surface area contributed by atoms with E-state index in [0.717, 1.165) is 16.5 Å². The van der Waals surface area contributed by atoms with Crippen molar-refractivity contribution in [3.05, 3.63) is 45.4 Å². The average Bonchev–Trinajstić information content (AvgIpc) is 2.75. The second-order valence-electron chi connectivity index (χ2n) is 5.22. The summed E-state index contributed by atoms with van der Waals surface area (Å²) >= 11 is 1.76. The van der Waals surface area contributed by atoms with E-state index in [1.807, 2.05) is 12.1 Å². The van der Waals surface area contributed by atoms with Gasteiger partial charge in [-0.1, -0.05) is 12.1 Å². The van der Waals surface area contributed by atoms with Crippen molar-refractivity contribution in [2.24, 2.45) is 0 Å².